The highest BCUT2D eigenvalue weighted by atomic mass is 31.1. The lowest BCUT2D eigenvalue weighted by molar-refractivity contribution is 0.128. The van der Waals surface area contributed by atoms with Gasteiger partial charge in [-0.05, 0) is 17.7 Å². The van der Waals surface area contributed by atoms with E-state index in [9.17, 15) is 0 Å². The third-order valence-electron chi connectivity index (χ3n) is 5.25. The van der Waals surface area contributed by atoms with Crippen molar-refractivity contribution in [3.05, 3.63) is 29.5 Å². The standard InChI is InChI=1S/C21H31N6O3P/c1-28-17-11-15(10-16-13-24-21(23)25-20(16)22)12-18(29-2)19(17)30-9-8-26-4-6-27(7-5-26)14-31-3/h11-13H,3-10,14H2,1-2H3,(H4,22,23,24,25). The van der Waals surface area contributed by atoms with Crippen LogP contribution < -0.4 is 25.7 Å². The SMILES string of the molecule is C=PCN1CCN(CCOc2c(OC)cc(Cc3cnc(N)nc3N)cc2OC)CC1. The van der Waals surface area contributed by atoms with Crippen LogP contribution in [0.2, 0.25) is 0 Å². The van der Waals surface area contributed by atoms with Crippen LogP contribution in [0.5, 0.6) is 17.2 Å². The summed E-state index contributed by atoms with van der Waals surface area (Å²) in [6, 6.07) is 3.84. The van der Waals surface area contributed by atoms with Crippen LogP contribution in [-0.4, -0.2) is 85.9 Å². The van der Waals surface area contributed by atoms with Gasteiger partial charge in [0.25, 0.3) is 0 Å². The summed E-state index contributed by atoms with van der Waals surface area (Å²) in [5.74, 6) is 2.35. The second kappa shape index (κ2) is 11.1. The fourth-order valence-electron chi connectivity index (χ4n) is 3.54. The summed E-state index contributed by atoms with van der Waals surface area (Å²) >= 11 is 0. The summed E-state index contributed by atoms with van der Waals surface area (Å²) in [6.45, 7) is 5.62. The van der Waals surface area contributed by atoms with Crippen LogP contribution in [0.4, 0.5) is 11.8 Å². The second-order valence-electron chi connectivity index (χ2n) is 7.32. The van der Waals surface area contributed by atoms with Gasteiger partial charge in [-0.25, -0.2) is 4.98 Å². The Labute approximate surface area is 185 Å². The molecule has 0 radical (unpaired) electrons. The molecule has 2 aromatic rings. The van der Waals surface area contributed by atoms with Crippen LogP contribution in [0.15, 0.2) is 18.3 Å². The van der Waals surface area contributed by atoms with Gasteiger partial charge in [0.05, 0.1) is 14.2 Å². The fourth-order valence-corrected chi connectivity index (χ4v) is 4.11. The Morgan fingerprint density at radius 1 is 1.06 bits per heavy atom. The largest absolute Gasteiger partial charge is 0.493 e. The number of hydrogen-bond donors (Lipinski definition) is 2. The maximum Gasteiger partial charge on any atom is 0.221 e. The molecule has 2 heterocycles. The number of anilines is 2. The summed E-state index contributed by atoms with van der Waals surface area (Å²) in [5.41, 5.74) is 13.3. The van der Waals surface area contributed by atoms with E-state index < -0.39 is 0 Å². The monoisotopic (exact) mass is 446 g/mol. The van der Waals surface area contributed by atoms with E-state index in [1.807, 2.05) is 12.1 Å². The van der Waals surface area contributed by atoms with Crippen LogP contribution in [-0.2, 0) is 6.42 Å². The third kappa shape index (κ3) is 6.19. The van der Waals surface area contributed by atoms with Crippen LogP contribution >= 0.6 is 8.20 Å². The molecule has 0 atom stereocenters. The molecular weight excluding hydrogens is 415 g/mol. The molecule has 4 N–H and O–H groups in total. The van der Waals surface area contributed by atoms with Crippen molar-refractivity contribution in [2.75, 3.05) is 71.3 Å². The molecule has 0 aliphatic carbocycles. The molecule has 3 rings (SSSR count). The normalized spacial score (nSPS) is 15.2. The van der Waals surface area contributed by atoms with Gasteiger partial charge in [-0.1, -0.05) is 14.5 Å². The lowest BCUT2D eigenvalue weighted by atomic mass is 10.1. The predicted molar refractivity (Wildman–Crippen MR) is 126 cm³/mol. The molecule has 0 saturated carbocycles. The molecule has 31 heavy (non-hydrogen) atoms. The molecule has 1 saturated heterocycles. The van der Waals surface area contributed by atoms with Gasteiger partial charge in [0.2, 0.25) is 11.7 Å². The van der Waals surface area contributed by atoms with E-state index in [-0.39, 0.29) is 5.95 Å². The highest BCUT2D eigenvalue weighted by Gasteiger charge is 2.18. The summed E-state index contributed by atoms with van der Waals surface area (Å²) in [7, 11) is 4.41. The van der Waals surface area contributed by atoms with E-state index in [1.165, 1.54) is 8.20 Å². The number of piperazine rings is 1. The molecular formula is C21H31N6O3P. The average Bonchev–Trinajstić information content (AvgIpc) is 2.77. The number of nitrogens with zero attached hydrogens (tertiary/aromatic N) is 4. The number of nitrogens with two attached hydrogens (primary N) is 2. The fraction of sp³-hybridized carbons (Fsp3) is 0.476. The summed E-state index contributed by atoms with van der Waals surface area (Å²) < 4.78 is 17.3. The van der Waals surface area contributed by atoms with E-state index >= 15 is 0 Å². The lowest BCUT2D eigenvalue weighted by Crippen LogP contribution is -2.46. The first-order valence-corrected chi connectivity index (χ1v) is 11.4. The van der Waals surface area contributed by atoms with Crippen molar-refractivity contribution in [2.24, 2.45) is 0 Å². The molecule has 0 bridgehead atoms. The second-order valence-corrected chi connectivity index (χ2v) is 8.05. The molecule has 0 spiro atoms. The van der Waals surface area contributed by atoms with Crippen molar-refractivity contribution in [3.63, 3.8) is 0 Å². The smallest absolute Gasteiger partial charge is 0.221 e. The zero-order valence-corrected chi connectivity index (χ0v) is 19.1. The number of methoxy groups -OCH3 is 2. The zero-order chi connectivity index (χ0) is 22.2. The number of aromatic nitrogens is 2. The molecule has 168 valence electrons. The minimum Gasteiger partial charge on any atom is -0.493 e. The number of hydrogen-bond acceptors (Lipinski definition) is 9. The molecule has 1 aromatic heterocycles. The van der Waals surface area contributed by atoms with Crippen molar-refractivity contribution in [1.29, 1.82) is 0 Å². The first-order valence-electron chi connectivity index (χ1n) is 10.2. The van der Waals surface area contributed by atoms with Gasteiger partial charge >= 0.3 is 0 Å². The van der Waals surface area contributed by atoms with E-state index in [2.05, 4.69) is 26.1 Å². The maximum atomic E-state index is 6.09. The van der Waals surface area contributed by atoms with Gasteiger partial charge in [0.1, 0.15) is 12.4 Å². The molecule has 0 unspecified atom stereocenters. The van der Waals surface area contributed by atoms with Gasteiger partial charge in [0.15, 0.2) is 11.5 Å². The van der Waals surface area contributed by atoms with Crippen LogP contribution in [0.3, 0.4) is 0 Å². The Balaban J connectivity index is 1.64. The first-order chi connectivity index (χ1) is 15.0. The van der Waals surface area contributed by atoms with Gasteiger partial charge in [-0.2, -0.15) is 4.98 Å². The van der Waals surface area contributed by atoms with Crippen LogP contribution in [0.25, 0.3) is 0 Å². The first kappa shape index (κ1) is 23.1. The van der Waals surface area contributed by atoms with Crippen molar-refractivity contribution >= 4 is 26.3 Å². The van der Waals surface area contributed by atoms with Gasteiger partial charge in [-0.3, -0.25) is 9.80 Å². The van der Waals surface area contributed by atoms with E-state index in [0.717, 1.165) is 50.1 Å². The summed E-state index contributed by atoms with van der Waals surface area (Å²) in [4.78, 5) is 12.9. The topological polar surface area (TPSA) is 112 Å². The lowest BCUT2D eigenvalue weighted by Gasteiger charge is -2.33. The number of ether oxygens (including phenoxy) is 3. The minimum atomic E-state index is 0.156. The molecule has 10 heteroatoms. The Bertz CT molecular complexity index is 864. The quantitative estimate of drug-likeness (QED) is 0.525. The van der Waals surface area contributed by atoms with Crippen LogP contribution in [0.1, 0.15) is 11.1 Å². The molecule has 1 aromatic carbocycles. The zero-order valence-electron chi connectivity index (χ0n) is 18.2. The van der Waals surface area contributed by atoms with E-state index in [0.29, 0.717) is 36.1 Å². The summed E-state index contributed by atoms with van der Waals surface area (Å²) in [5, 5.41) is 0. The average molecular weight is 446 g/mol. The van der Waals surface area contributed by atoms with Gasteiger partial charge in [0, 0.05) is 57.2 Å². The molecule has 9 nitrogen and oxygen atoms in total. The molecule has 1 aliphatic rings. The maximum absolute atomic E-state index is 6.09. The van der Waals surface area contributed by atoms with E-state index in [4.69, 9.17) is 25.7 Å². The number of rotatable bonds is 10. The Morgan fingerprint density at radius 3 is 2.29 bits per heavy atom. The van der Waals surface area contributed by atoms with Gasteiger partial charge < -0.3 is 25.7 Å². The Morgan fingerprint density at radius 2 is 1.71 bits per heavy atom. The predicted octanol–water partition coefficient (Wildman–Crippen LogP) is 1.58. The van der Waals surface area contributed by atoms with Crippen molar-refractivity contribution in [2.45, 2.75) is 6.42 Å². The number of nitrogen functional groups attached to an aromatic ring is 2. The molecule has 1 aliphatic heterocycles. The minimum absolute atomic E-state index is 0.156. The van der Waals surface area contributed by atoms with Crippen molar-refractivity contribution < 1.29 is 14.2 Å². The molecule has 1 fully saturated rings. The third-order valence-corrected chi connectivity index (χ3v) is 5.85. The number of benzene rings is 1. The Kier molecular flexibility index (Phi) is 8.28. The van der Waals surface area contributed by atoms with Crippen LogP contribution in [0, 0.1) is 0 Å². The van der Waals surface area contributed by atoms with Gasteiger partial charge in [-0.15, -0.1) is 0 Å². The highest BCUT2D eigenvalue weighted by Crippen LogP contribution is 2.39. The summed E-state index contributed by atoms with van der Waals surface area (Å²) in [6.07, 6.45) is 7.11. The molecule has 0 amide bonds. The van der Waals surface area contributed by atoms with E-state index in [1.54, 1.807) is 20.4 Å². The van der Waals surface area contributed by atoms with Crippen molar-refractivity contribution in [3.8, 4) is 17.2 Å². The Hall–Kier alpha value is -2.61. The van der Waals surface area contributed by atoms with Crippen molar-refractivity contribution in [1.82, 2.24) is 19.8 Å². The highest BCUT2D eigenvalue weighted by molar-refractivity contribution is 7.36.